The number of terminal acetylenes is 2. The summed E-state index contributed by atoms with van der Waals surface area (Å²) in [6.45, 7) is 4.54. The van der Waals surface area contributed by atoms with Crippen LogP contribution in [-0.2, 0) is 12.8 Å². The molecule has 4 nitrogen and oxygen atoms in total. The van der Waals surface area contributed by atoms with E-state index in [2.05, 4.69) is 84.2 Å². The molecule has 0 spiro atoms. The van der Waals surface area contributed by atoms with Crippen LogP contribution in [0.2, 0.25) is 0 Å². The fraction of sp³-hybridized carbons (Fsp3) is 0.455. The molecule has 5 rings (SSSR count). The van der Waals surface area contributed by atoms with Crippen LogP contribution >= 0.6 is 0 Å². The molecule has 8 bridgehead atoms. The minimum atomic E-state index is 0.736. The number of aromatic amines is 2. The first-order chi connectivity index (χ1) is 23.7. The molecule has 0 unspecified atom stereocenters. The topological polar surface area (TPSA) is 57.4 Å². The fourth-order valence-electron chi connectivity index (χ4n) is 7.03. The van der Waals surface area contributed by atoms with Crippen molar-refractivity contribution in [3.8, 4) is 24.7 Å². The lowest BCUT2D eigenvalue weighted by Gasteiger charge is -2.05. The van der Waals surface area contributed by atoms with Gasteiger partial charge in [-0.2, -0.15) is 0 Å². The molecule has 4 heteroatoms. The Morgan fingerprint density at radius 2 is 0.812 bits per heavy atom. The first-order valence-electron chi connectivity index (χ1n) is 18.7. The van der Waals surface area contributed by atoms with E-state index in [1.165, 1.54) is 101 Å². The summed E-state index contributed by atoms with van der Waals surface area (Å²) in [4.78, 5) is 17.6. The van der Waals surface area contributed by atoms with Crippen LogP contribution in [0.25, 0.3) is 46.4 Å². The summed E-state index contributed by atoms with van der Waals surface area (Å²) in [5.74, 6) is 5.91. The van der Waals surface area contributed by atoms with Gasteiger partial charge in [-0.3, -0.25) is 0 Å². The Hall–Kier alpha value is -4.28. The average Bonchev–Trinajstić information content (AvgIpc) is 3.93. The summed E-state index contributed by atoms with van der Waals surface area (Å²) in [6, 6.07) is 8.52. The van der Waals surface area contributed by atoms with Crippen molar-refractivity contribution in [2.75, 3.05) is 0 Å². The van der Waals surface area contributed by atoms with E-state index in [0.29, 0.717) is 0 Å². The van der Waals surface area contributed by atoms with Gasteiger partial charge < -0.3 is 9.97 Å². The average molecular weight is 639 g/mol. The minimum Gasteiger partial charge on any atom is -0.354 e. The molecule has 48 heavy (non-hydrogen) atoms. The van der Waals surface area contributed by atoms with Crippen molar-refractivity contribution in [3.63, 3.8) is 0 Å². The Morgan fingerprint density at radius 1 is 0.458 bits per heavy atom. The van der Waals surface area contributed by atoms with Crippen LogP contribution in [-0.4, -0.2) is 19.9 Å². The highest BCUT2D eigenvalue weighted by Gasteiger charge is 2.16. The lowest BCUT2D eigenvalue weighted by atomic mass is 10.0. The van der Waals surface area contributed by atoms with Gasteiger partial charge in [0.25, 0.3) is 0 Å². The van der Waals surface area contributed by atoms with Crippen molar-refractivity contribution in [1.29, 1.82) is 0 Å². The molecule has 3 aromatic heterocycles. The van der Waals surface area contributed by atoms with Crippen LogP contribution in [0.3, 0.4) is 0 Å². The van der Waals surface area contributed by atoms with E-state index in [1.54, 1.807) is 0 Å². The largest absolute Gasteiger partial charge is 0.354 e. The maximum Gasteiger partial charge on any atom is 0.0816 e. The number of rotatable bonds is 18. The molecule has 0 aromatic carbocycles. The Labute approximate surface area is 289 Å². The van der Waals surface area contributed by atoms with E-state index in [0.717, 1.165) is 81.7 Å². The van der Waals surface area contributed by atoms with E-state index in [1.807, 2.05) is 0 Å². The number of hydrogen-bond donors (Lipinski definition) is 2. The molecule has 2 N–H and O–H groups in total. The number of H-pyrrole nitrogens is 2. The third-order valence-electron chi connectivity index (χ3n) is 9.82. The Balaban J connectivity index is 1.53. The predicted octanol–water partition coefficient (Wildman–Crippen LogP) is 12.0. The SMILES string of the molecule is C#Cc1c2nc(c(CCCCCCCCCC)c3ccc([nH]3)c(C#C)c3ccc([nH]3)c(CCCCCCCCCC)c3nc1C=C3)C=C2. The molecule has 0 fully saturated rings. The van der Waals surface area contributed by atoms with Crippen molar-refractivity contribution in [3.05, 3.63) is 69.3 Å². The molecular weight excluding hydrogens is 585 g/mol. The molecule has 250 valence electrons. The Bertz CT molecular complexity index is 1710. The lowest BCUT2D eigenvalue weighted by Crippen LogP contribution is -1.94. The highest BCUT2D eigenvalue weighted by Crippen LogP contribution is 2.28. The second-order valence-electron chi connectivity index (χ2n) is 13.4. The van der Waals surface area contributed by atoms with Gasteiger partial charge in [-0.05, 0) is 74.3 Å². The minimum absolute atomic E-state index is 0.736. The molecule has 0 aliphatic carbocycles. The molecule has 2 aliphatic rings. The molecule has 0 amide bonds. The summed E-state index contributed by atoms with van der Waals surface area (Å²) < 4.78 is 0. The summed E-state index contributed by atoms with van der Waals surface area (Å²) in [6.07, 6.45) is 43.0. The van der Waals surface area contributed by atoms with Gasteiger partial charge >= 0.3 is 0 Å². The van der Waals surface area contributed by atoms with E-state index in [4.69, 9.17) is 22.8 Å². The van der Waals surface area contributed by atoms with Gasteiger partial charge in [0, 0.05) is 22.2 Å². The molecular formula is C44H54N4. The fourth-order valence-corrected chi connectivity index (χ4v) is 7.03. The quantitative estimate of drug-likeness (QED) is 0.0741. The monoisotopic (exact) mass is 638 g/mol. The van der Waals surface area contributed by atoms with E-state index in [-0.39, 0.29) is 0 Å². The summed E-state index contributed by atoms with van der Waals surface area (Å²) in [5.41, 5.74) is 11.4. The van der Waals surface area contributed by atoms with Crippen molar-refractivity contribution < 1.29 is 0 Å². The number of nitrogens with one attached hydrogen (secondary N) is 2. The highest BCUT2D eigenvalue weighted by molar-refractivity contribution is 5.85. The van der Waals surface area contributed by atoms with Gasteiger partial charge in [0.15, 0.2) is 0 Å². The molecule has 0 atom stereocenters. The van der Waals surface area contributed by atoms with Crippen molar-refractivity contribution in [1.82, 2.24) is 19.9 Å². The first-order valence-corrected chi connectivity index (χ1v) is 18.7. The number of hydrogen-bond acceptors (Lipinski definition) is 2. The normalized spacial score (nSPS) is 12.0. The van der Waals surface area contributed by atoms with Crippen molar-refractivity contribution >= 4 is 46.4 Å². The molecule has 5 heterocycles. The third kappa shape index (κ3) is 8.99. The van der Waals surface area contributed by atoms with E-state index < -0.39 is 0 Å². The Morgan fingerprint density at radius 3 is 1.21 bits per heavy atom. The predicted molar refractivity (Wildman–Crippen MR) is 207 cm³/mol. The molecule has 0 saturated carbocycles. The van der Waals surface area contributed by atoms with Crippen LogP contribution in [0.15, 0.2) is 24.3 Å². The summed E-state index contributed by atoms with van der Waals surface area (Å²) >= 11 is 0. The van der Waals surface area contributed by atoms with Gasteiger partial charge in [0.1, 0.15) is 0 Å². The zero-order valence-electron chi connectivity index (χ0n) is 29.4. The number of nitrogens with zero attached hydrogens (tertiary/aromatic N) is 2. The number of fused-ring (bicyclic) bond motifs is 8. The van der Waals surface area contributed by atoms with Crippen LogP contribution < -0.4 is 0 Å². The van der Waals surface area contributed by atoms with Gasteiger partial charge in [-0.1, -0.05) is 116 Å². The van der Waals surface area contributed by atoms with Crippen LogP contribution in [0, 0.1) is 24.7 Å². The van der Waals surface area contributed by atoms with Crippen molar-refractivity contribution in [2.45, 2.75) is 129 Å². The van der Waals surface area contributed by atoms with Gasteiger partial charge in [0.05, 0.1) is 44.9 Å². The Kier molecular flexibility index (Phi) is 13.4. The smallest absolute Gasteiger partial charge is 0.0816 e. The lowest BCUT2D eigenvalue weighted by molar-refractivity contribution is 0.575. The number of aromatic nitrogens is 4. The third-order valence-corrected chi connectivity index (χ3v) is 9.82. The van der Waals surface area contributed by atoms with E-state index in [9.17, 15) is 0 Å². The van der Waals surface area contributed by atoms with E-state index >= 15 is 0 Å². The zero-order valence-corrected chi connectivity index (χ0v) is 29.4. The maximum absolute atomic E-state index is 6.18. The second kappa shape index (κ2) is 18.3. The van der Waals surface area contributed by atoms with Crippen LogP contribution in [0.4, 0.5) is 0 Å². The summed E-state index contributed by atoms with van der Waals surface area (Å²) in [5, 5.41) is 0. The standard InChI is InChI=1S/C44H54N4/c1-5-9-11-13-15-17-19-21-23-35-41-29-25-37(45-41)33(7-3)39-27-31-43(47-39)36(24-22-20-18-16-14-12-10-6-2)44-32-28-40(48-44)34(8-4)38-26-30-42(35)46-38/h3-4,25-32,45,47H,5-6,9-24H2,1-2H3. The van der Waals surface area contributed by atoms with Crippen LogP contribution in [0.5, 0.6) is 0 Å². The number of unbranched alkanes of at least 4 members (excludes halogenated alkanes) is 14. The van der Waals surface area contributed by atoms with Crippen molar-refractivity contribution in [2.24, 2.45) is 0 Å². The summed E-state index contributed by atoms with van der Waals surface area (Å²) in [7, 11) is 0. The highest BCUT2D eigenvalue weighted by atomic mass is 14.8. The number of aryl methyl sites for hydroxylation is 2. The molecule has 0 radical (unpaired) electrons. The molecule has 2 aliphatic heterocycles. The van der Waals surface area contributed by atoms with Crippen LogP contribution in [0.1, 0.15) is 162 Å². The van der Waals surface area contributed by atoms with Gasteiger partial charge in [0.2, 0.25) is 0 Å². The van der Waals surface area contributed by atoms with Gasteiger partial charge in [-0.25, -0.2) is 9.97 Å². The van der Waals surface area contributed by atoms with Gasteiger partial charge in [-0.15, -0.1) is 12.8 Å². The zero-order chi connectivity index (χ0) is 33.6. The molecule has 3 aromatic rings. The second-order valence-corrected chi connectivity index (χ2v) is 13.4. The first kappa shape index (κ1) is 35.0. The molecule has 0 saturated heterocycles. The maximum atomic E-state index is 6.18.